The lowest BCUT2D eigenvalue weighted by molar-refractivity contribution is 0.139. The fourth-order valence-electron chi connectivity index (χ4n) is 4.07. The van der Waals surface area contributed by atoms with Crippen molar-refractivity contribution in [1.82, 2.24) is 19.5 Å². The summed E-state index contributed by atoms with van der Waals surface area (Å²) in [5.74, 6) is 1.58. The molecular weight excluding hydrogens is 326 g/mol. The first kappa shape index (κ1) is 19.1. The predicted molar refractivity (Wildman–Crippen MR) is 106 cm³/mol. The molecule has 1 aliphatic rings. The number of likely N-dealkylation sites (N-methyl/N-ethyl adjacent to an activating group) is 1. The van der Waals surface area contributed by atoms with Gasteiger partial charge in [-0.25, -0.2) is 4.98 Å². The molecule has 6 nitrogen and oxygen atoms in total. The summed E-state index contributed by atoms with van der Waals surface area (Å²) in [7, 11) is 3.97. The number of anilines is 1. The molecule has 1 aliphatic carbocycles. The molecule has 26 heavy (non-hydrogen) atoms. The van der Waals surface area contributed by atoms with Crippen LogP contribution in [0.3, 0.4) is 0 Å². The van der Waals surface area contributed by atoms with Crippen molar-refractivity contribution in [3.05, 3.63) is 24.0 Å². The number of hydrogen-bond acceptors (Lipinski definition) is 5. The third kappa shape index (κ3) is 4.18. The minimum absolute atomic E-state index is 0.481. The molecule has 0 bridgehead atoms. The molecule has 2 atom stereocenters. The van der Waals surface area contributed by atoms with Crippen molar-refractivity contribution >= 4 is 11.5 Å². The number of fused-ring (bicyclic) bond motifs is 1. The van der Waals surface area contributed by atoms with Gasteiger partial charge in [0.05, 0.1) is 12.8 Å². The zero-order valence-corrected chi connectivity index (χ0v) is 16.6. The molecule has 1 fully saturated rings. The molecule has 1 N–H and O–H groups in total. The summed E-state index contributed by atoms with van der Waals surface area (Å²) in [6.07, 6.45) is 7.63. The van der Waals surface area contributed by atoms with E-state index in [0.717, 1.165) is 43.9 Å². The molecule has 2 aromatic heterocycles. The Morgan fingerprint density at radius 1 is 1.35 bits per heavy atom. The van der Waals surface area contributed by atoms with Crippen molar-refractivity contribution in [3.63, 3.8) is 0 Å². The third-order valence-corrected chi connectivity index (χ3v) is 5.81. The van der Waals surface area contributed by atoms with Gasteiger partial charge in [0.15, 0.2) is 5.65 Å². The summed E-state index contributed by atoms with van der Waals surface area (Å²) in [5, 5.41) is 8.23. The Kier molecular flexibility index (Phi) is 6.48. The summed E-state index contributed by atoms with van der Waals surface area (Å²) in [6.45, 7) is 6.26. The van der Waals surface area contributed by atoms with Crippen LogP contribution >= 0.6 is 0 Å². The normalized spacial score (nSPS) is 20.5. The van der Waals surface area contributed by atoms with Crippen LogP contribution in [0.15, 0.2) is 18.3 Å². The van der Waals surface area contributed by atoms with Crippen molar-refractivity contribution < 1.29 is 4.74 Å². The number of nitrogens with zero attached hydrogens (tertiary/aromatic N) is 4. The molecule has 0 radical (unpaired) electrons. The van der Waals surface area contributed by atoms with Crippen molar-refractivity contribution in [2.75, 3.05) is 32.6 Å². The monoisotopic (exact) mass is 359 g/mol. The molecule has 0 saturated heterocycles. The second kappa shape index (κ2) is 8.82. The third-order valence-electron chi connectivity index (χ3n) is 5.81. The van der Waals surface area contributed by atoms with Crippen molar-refractivity contribution in [3.8, 4) is 0 Å². The fourth-order valence-corrected chi connectivity index (χ4v) is 4.07. The number of rotatable bonds is 9. The maximum Gasteiger partial charge on any atom is 0.157 e. The lowest BCUT2D eigenvalue weighted by Gasteiger charge is -2.24. The first-order valence-electron chi connectivity index (χ1n) is 9.96. The lowest BCUT2D eigenvalue weighted by Crippen LogP contribution is -2.33. The number of nitrogens with one attached hydrogen (secondary N) is 1. The summed E-state index contributed by atoms with van der Waals surface area (Å²) >= 11 is 0. The second-order valence-electron chi connectivity index (χ2n) is 7.46. The van der Waals surface area contributed by atoms with Crippen LogP contribution in [0, 0.1) is 0 Å². The molecule has 3 rings (SSSR count). The van der Waals surface area contributed by atoms with Crippen LogP contribution in [0.2, 0.25) is 0 Å². The highest BCUT2D eigenvalue weighted by Gasteiger charge is 2.28. The van der Waals surface area contributed by atoms with E-state index in [-0.39, 0.29) is 0 Å². The van der Waals surface area contributed by atoms with E-state index in [0.29, 0.717) is 18.0 Å². The van der Waals surface area contributed by atoms with Gasteiger partial charge in [0, 0.05) is 49.5 Å². The van der Waals surface area contributed by atoms with E-state index >= 15 is 0 Å². The first-order chi connectivity index (χ1) is 12.7. The van der Waals surface area contributed by atoms with Gasteiger partial charge < -0.3 is 15.0 Å². The fraction of sp³-hybridized carbons (Fsp3) is 0.700. The maximum absolute atomic E-state index is 5.21. The molecule has 0 aromatic carbocycles. The van der Waals surface area contributed by atoms with Gasteiger partial charge in [-0.3, -0.25) is 0 Å². The van der Waals surface area contributed by atoms with Crippen LogP contribution < -0.4 is 5.32 Å². The number of aromatic nitrogens is 3. The van der Waals surface area contributed by atoms with E-state index in [2.05, 4.69) is 42.3 Å². The molecule has 0 amide bonds. The Morgan fingerprint density at radius 3 is 2.88 bits per heavy atom. The second-order valence-corrected chi connectivity index (χ2v) is 7.46. The van der Waals surface area contributed by atoms with E-state index < -0.39 is 0 Å². The van der Waals surface area contributed by atoms with Gasteiger partial charge in [0.1, 0.15) is 5.82 Å². The number of ether oxygens (including phenoxy) is 1. The molecule has 1 saturated carbocycles. The van der Waals surface area contributed by atoms with E-state index in [1.54, 1.807) is 7.11 Å². The van der Waals surface area contributed by atoms with Crippen LogP contribution in [0.1, 0.15) is 57.6 Å². The largest absolute Gasteiger partial charge is 0.383 e. The van der Waals surface area contributed by atoms with E-state index in [9.17, 15) is 0 Å². The van der Waals surface area contributed by atoms with E-state index in [1.807, 2.05) is 16.8 Å². The van der Waals surface area contributed by atoms with E-state index in [4.69, 9.17) is 9.72 Å². The Morgan fingerprint density at radius 2 is 2.15 bits per heavy atom. The minimum Gasteiger partial charge on any atom is -0.383 e. The van der Waals surface area contributed by atoms with Crippen LogP contribution in [-0.2, 0) is 4.74 Å². The quantitative estimate of drug-likeness (QED) is 0.742. The summed E-state index contributed by atoms with van der Waals surface area (Å²) < 4.78 is 7.15. The molecule has 2 aromatic rings. The maximum atomic E-state index is 5.21. The van der Waals surface area contributed by atoms with E-state index in [1.165, 1.54) is 18.5 Å². The Balaban J connectivity index is 1.73. The van der Waals surface area contributed by atoms with Gasteiger partial charge in [-0.1, -0.05) is 13.8 Å². The molecule has 144 valence electrons. The summed E-state index contributed by atoms with van der Waals surface area (Å²) in [4.78, 5) is 7.26. The van der Waals surface area contributed by atoms with Gasteiger partial charge in [-0.15, -0.1) is 0 Å². The molecule has 0 unspecified atom stereocenters. The molecule has 2 heterocycles. The Hall–Kier alpha value is -1.66. The average Bonchev–Trinajstić information content (AvgIpc) is 3.30. The molecule has 0 spiro atoms. The predicted octanol–water partition coefficient (Wildman–Crippen LogP) is 3.54. The average molecular weight is 360 g/mol. The first-order valence-corrected chi connectivity index (χ1v) is 9.96. The van der Waals surface area contributed by atoms with Crippen LogP contribution in [0.4, 0.5) is 5.82 Å². The molecular formula is C20H33N5O. The molecule has 6 heteroatoms. The number of hydrogen-bond donors (Lipinski definition) is 1. The highest BCUT2D eigenvalue weighted by Crippen LogP contribution is 2.29. The Labute approximate surface area is 156 Å². The highest BCUT2D eigenvalue weighted by atomic mass is 16.5. The lowest BCUT2D eigenvalue weighted by atomic mass is 9.99. The topological polar surface area (TPSA) is 54.7 Å². The smallest absolute Gasteiger partial charge is 0.157 e. The molecule has 0 aliphatic heterocycles. The van der Waals surface area contributed by atoms with Gasteiger partial charge in [-0.05, 0) is 39.2 Å². The Bertz CT molecular complexity index is 697. The van der Waals surface area contributed by atoms with Gasteiger partial charge in [-0.2, -0.15) is 9.61 Å². The van der Waals surface area contributed by atoms with Crippen molar-refractivity contribution in [2.45, 2.75) is 64.0 Å². The summed E-state index contributed by atoms with van der Waals surface area (Å²) in [5.41, 5.74) is 2.11. The zero-order valence-electron chi connectivity index (χ0n) is 16.6. The summed E-state index contributed by atoms with van der Waals surface area (Å²) in [6, 6.07) is 5.30. The standard InChI is InChI=1S/C20H33N5O/c1-5-15(6-2)18-14-20(25-19(23-18)9-10-21-25)22-16-7-8-17(13-16)24(3)11-12-26-4/h9-10,14-17,22H,5-8,11-13H2,1-4H3/t16-,17-/m0/s1. The van der Waals surface area contributed by atoms with Gasteiger partial charge in [0.25, 0.3) is 0 Å². The SMILES string of the molecule is CCC(CC)c1cc(N[C@H]2CC[C@H](N(C)CCOC)C2)n2nccc2n1. The zero-order chi connectivity index (χ0) is 18.5. The highest BCUT2D eigenvalue weighted by molar-refractivity contribution is 5.50. The van der Waals surface area contributed by atoms with Gasteiger partial charge >= 0.3 is 0 Å². The van der Waals surface area contributed by atoms with Crippen LogP contribution in [0.25, 0.3) is 5.65 Å². The van der Waals surface area contributed by atoms with Gasteiger partial charge in [0.2, 0.25) is 0 Å². The minimum atomic E-state index is 0.481. The van der Waals surface area contributed by atoms with Crippen LogP contribution in [-0.4, -0.2) is 58.9 Å². The van der Waals surface area contributed by atoms with Crippen molar-refractivity contribution in [2.24, 2.45) is 0 Å². The number of methoxy groups -OCH3 is 1. The van der Waals surface area contributed by atoms with Crippen molar-refractivity contribution in [1.29, 1.82) is 0 Å². The van der Waals surface area contributed by atoms with Crippen LogP contribution in [0.5, 0.6) is 0 Å².